The Hall–Kier alpha value is -2.02. The van der Waals surface area contributed by atoms with Crippen LogP contribution in [0.5, 0.6) is 0 Å². The van der Waals surface area contributed by atoms with Crippen LogP contribution < -0.4 is 11.1 Å². The molecule has 3 N–H and O–H groups in total. The molecule has 0 fully saturated rings. The van der Waals surface area contributed by atoms with Gasteiger partial charge in [0.25, 0.3) is 0 Å². The van der Waals surface area contributed by atoms with Crippen molar-refractivity contribution >= 4 is 29.2 Å². The van der Waals surface area contributed by atoms with Gasteiger partial charge in [0.2, 0.25) is 11.8 Å². The van der Waals surface area contributed by atoms with Gasteiger partial charge in [0, 0.05) is 24.7 Å². The zero-order valence-electron chi connectivity index (χ0n) is 13.6. The summed E-state index contributed by atoms with van der Waals surface area (Å²) in [5, 5.41) is 2.74. The van der Waals surface area contributed by atoms with Crippen molar-refractivity contribution in [1.29, 1.82) is 0 Å². The Labute approximate surface area is 139 Å². The van der Waals surface area contributed by atoms with E-state index in [0.717, 1.165) is 11.3 Å². The molecule has 6 nitrogen and oxygen atoms in total. The van der Waals surface area contributed by atoms with Crippen molar-refractivity contribution in [3.8, 4) is 0 Å². The number of nitrogens with zero attached hydrogens (tertiary/aromatic N) is 2. The molecule has 0 saturated heterocycles. The fourth-order valence-electron chi connectivity index (χ4n) is 1.93. The molecular weight excluding hydrogens is 312 g/mol. The molecule has 0 spiro atoms. The first-order valence-corrected chi connectivity index (χ1v) is 8.52. The second-order valence-corrected chi connectivity index (χ2v) is 7.21. The predicted molar refractivity (Wildman–Crippen MR) is 92.1 cm³/mol. The standard InChI is InChI=1S/C16H22N4O2S/c1-11-4-5-13-19-12(7-20(13)6-11)8-23-9-14(21)18-10-16(2,3)15(17)22/h4-7H,8-10H2,1-3H3,(H2,17,22)(H,18,21). The predicted octanol–water partition coefficient (Wildman–Crippen LogP) is 1.50. The molecule has 0 unspecified atom stereocenters. The zero-order valence-corrected chi connectivity index (χ0v) is 14.4. The van der Waals surface area contributed by atoms with Gasteiger partial charge in [-0.05, 0) is 32.4 Å². The zero-order chi connectivity index (χ0) is 17.0. The molecule has 2 heterocycles. The molecule has 0 radical (unpaired) electrons. The lowest BCUT2D eigenvalue weighted by molar-refractivity contribution is -0.126. The van der Waals surface area contributed by atoms with Crippen molar-refractivity contribution < 1.29 is 9.59 Å². The SMILES string of the molecule is Cc1ccc2nc(CSCC(=O)NCC(C)(C)C(N)=O)cn2c1. The van der Waals surface area contributed by atoms with Crippen LogP contribution in [0, 0.1) is 12.3 Å². The highest BCUT2D eigenvalue weighted by atomic mass is 32.2. The number of aryl methyl sites for hydroxylation is 1. The van der Waals surface area contributed by atoms with Gasteiger partial charge in [0.1, 0.15) is 5.65 Å². The van der Waals surface area contributed by atoms with Crippen LogP contribution in [0.4, 0.5) is 0 Å². The monoisotopic (exact) mass is 334 g/mol. The van der Waals surface area contributed by atoms with Gasteiger partial charge in [-0.15, -0.1) is 11.8 Å². The third-order valence-electron chi connectivity index (χ3n) is 3.53. The molecule has 124 valence electrons. The summed E-state index contributed by atoms with van der Waals surface area (Å²) in [4.78, 5) is 27.5. The molecule has 23 heavy (non-hydrogen) atoms. The molecule has 0 saturated carbocycles. The molecule has 7 heteroatoms. The maximum atomic E-state index is 11.8. The van der Waals surface area contributed by atoms with Crippen LogP contribution in [0.2, 0.25) is 0 Å². The Bertz CT molecular complexity index is 724. The maximum Gasteiger partial charge on any atom is 0.230 e. The third kappa shape index (κ3) is 4.72. The Morgan fingerprint density at radius 1 is 1.35 bits per heavy atom. The van der Waals surface area contributed by atoms with Crippen molar-refractivity contribution in [1.82, 2.24) is 14.7 Å². The molecule has 0 atom stereocenters. The van der Waals surface area contributed by atoms with E-state index in [4.69, 9.17) is 5.73 Å². The smallest absolute Gasteiger partial charge is 0.230 e. The number of imidazole rings is 1. The van der Waals surface area contributed by atoms with Crippen LogP contribution in [-0.2, 0) is 15.3 Å². The number of rotatable bonds is 7. The van der Waals surface area contributed by atoms with Gasteiger partial charge < -0.3 is 15.5 Å². The Balaban J connectivity index is 1.79. The number of thioether (sulfide) groups is 1. The second kappa shape index (κ2) is 7.04. The summed E-state index contributed by atoms with van der Waals surface area (Å²) in [5.74, 6) is 0.448. The van der Waals surface area contributed by atoms with E-state index in [2.05, 4.69) is 10.3 Å². The lowest BCUT2D eigenvalue weighted by atomic mass is 9.93. The minimum Gasteiger partial charge on any atom is -0.369 e. The minimum atomic E-state index is -0.736. The minimum absolute atomic E-state index is 0.107. The van der Waals surface area contributed by atoms with E-state index in [0.29, 0.717) is 11.5 Å². The van der Waals surface area contributed by atoms with E-state index in [1.165, 1.54) is 17.3 Å². The van der Waals surface area contributed by atoms with Gasteiger partial charge in [0.05, 0.1) is 16.9 Å². The highest BCUT2D eigenvalue weighted by Crippen LogP contribution is 2.15. The van der Waals surface area contributed by atoms with E-state index in [-0.39, 0.29) is 12.5 Å². The van der Waals surface area contributed by atoms with Gasteiger partial charge in [-0.2, -0.15) is 0 Å². The van der Waals surface area contributed by atoms with Crippen molar-refractivity contribution in [3.63, 3.8) is 0 Å². The number of nitrogens with one attached hydrogen (secondary N) is 1. The number of nitrogens with two attached hydrogens (primary N) is 1. The van der Waals surface area contributed by atoms with Gasteiger partial charge >= 0.3 is 0 Å². The summed E-state index contributed by atoms with van der Waals surface area (Å²) < 4.78 is 1.99. The summed E-state index contributed by atoms with van der Waals surface area (Å²) >= 11 is 1.49. The molecular formula is C16H22N4O2S. The van der Waals surface area contributed by atoms with Crippen molar-refractivity contribution in [2.75, 3.05) is 12.3 Å². The molecule has 0 aromatic carbocycles. The molecule has 0 aliphatic carbocycles. The van der Waals surface area contributed by atoms with E-state index in [9.17, 15) is 9.59 Å². The van der Waals surface area contributed by atoms with E-state index < -0.39 is 11.3 Å². The average molecular weight is 334 g/mol. The first kappa shape index (κ1) is 17.3. The van der Waals surface area contributed by atoms with Gasteiger partial charge in [-0.1, -0.05) is 6.07 Å². The highest BCUT2D eigenvalue weighted by Gasteiger charge is 2.25. The average Bonchev–Trinajstić information content (AvgIpc) is 2.86. The number of primary amides is 1. The number of pyridine rings is 1. The van der Waals surface area contributed by atoms with Crippen molar-refractivity contribution in [2.45, 2.75) is 26.5 Å². The normalized spacial score (nSPS) is 11.6. The van der Waals surface area contributed by atoms with Crippen LogP contribution in [-0.4, -0.2) is 33.5 Å². The molecule has 0 aliphatic heterocycles. The molecule has 2 aromatic heterocycles. The van der Waals surface area contributed by atoms with Crippen LogP contribution in [0.15, 0.2) is 24.5 Å². The number of hydrogen-bond donors (Lipinski definition) is 2. The molecule has 2 amide bonds. The fraction of sp³-hybridized carbons (Fsp3) is 0.438. The molecule has 0 bridgehead atoms. The van der Waals surface area contributed by atoms with Crippen LogP contribution in [0.3, 0.4) is 0 Å². The number of carbonyl (C=O) groups is 2. The summed E-state index contributed by atoms with van der Waals surface area (Å²) in [5.41, 5.74) is 7.55. The van der Waals surface area contributed by atoms with Crippen molar-refractivity contribution in [2.24, 2.45) is 11.1 Å². The van der Waals surface area contributed by atoms with Gasteiger partial charge in [-0.25, -0.2) is 4.98 Å². The second-order valence-electron chi connectivity index (χ2n) is 6.22. The van der Waals surface area contributed by atoms with E-state index >= 15 is 0 Å². The third-order valence-corrected chi connectivity index (χ3v) is 4.49. The molecule has 0 aliphatic rings. The number of aromatic nitrogens is 2. The lowest BCUT2D eigenvalue weighted by Crippen LogP contribution is -2.42. The topological polar surface area (TPSA) is 89.5 Å². The molecule has 2 aromatic rings. The quantitative estimate of drug-likeness (QED) is 0.803. The first-order chi connectivity index (χ1) is 10.8. The van der Waals surface area contributed by atoms with Gasteiger partial charge in [-0.3, -0.25) is 9.59 Å². The van der Waals surface area contributed by atoms with Crippen LogP contribution in [0.1, 0.15) is 25.1 Å². The van der Waals surface area contributed by atoms with Crippen molar-refractivity contribution in [3.05, 3.63) is 35.8 Å². The fourth-order valence-corrected chi connectivity index (χ4v) is 2.67. The van der Waals surface area contributed by atoms with E-state index in [1.54, 1.807) is 13.8 Å². The maximum absolute atomic E-state index is 11.8. The summed E-state index contributed by atoms with van der Waals surface area (Å²) in [6.45, 7) is 5.70. The number of fused-ring (bicyclic) bond motifs is 1. The number of amides is 2. The number of hydrogen-bond acceptors (Lipinski definition) is 4. The first-order valence-electron chi connectivity index (χ1n) is 7.36. The van der Waals surface area contributed by atoms with E-state index in [1.807, 2.05) is 35.9 Å². The Morgan fingerprint density at radius 3 is 2.78 bits per heavy atom. The van der Waals surface area contributed by atoms with Crippen LogP contribution in [0.25, 0.3) is 5.65 Å². The highest BCUT2D eigenvalue weighted by molar-refractivity contribution is 7.99. The Kier molecular flexibility index (Phi) is 5.30. The Morgan fingerprint density at radius 2 is 2.09 bits per heavy atom. The van der Waals surface area contributed by atoms with Crippen LogP contribution >= 0.6 is 11.8 Å². The van der Waals surface area contributed by atoms with Gasteiger partial charge in [0.15, 0.2) is 0 Å². The summed E-state index contributed by atoms with van der Waals surface area (Å²) in [6, 6.07) is 4.00. The summed E-state index contributed by atoms with van der Waals surface area (Å²) in [6.07, 6.45) is 4.00. The summed E-state index contributed by atoms with van der Waals surface area (Å²) in [7, 11) is 0. The largest absolute Gasteiger partial charge is 0.369 e. The number of carbonyl (C=O) groups excluding carboxylic acids is 2. The molecule has 2 rings (SSSR count). The lowest BCUT2D eigenvalue weighted by Gasteiger charge is -2.20.